The minimum atomic E-state index is 0.0688. The number of hydrogen-bond acceptors (Lipinski definition) is 3. The molecule has 0 aliphatic carbocycles. The van der Waals surface area contributed by atoms with Gasteiger partial charge in [0.25, 0.3) is 0 Å². The number of amides is 1. The first-order chi connectivity index (χ1) is 11.7. The summed E-state index contributed by atoms with van der Waals surface area (Å²) in [4.78, 5) is 15.7. The Balaban J connectivity index is 1.43. The first-order valence-electron chi connectivity index (χ1n) is 8.50. The topological polar surface area (TPSA) is 75.6 Å². The summed E-state index contributed by atoms with van der Waals surface area (Å²) in [6.45, 7) is 2.85. The van der Waals surface area contributed by atoms with Crippen molar-refractivity contribution in [1.82, 2.24) is 25.1 Å². The number of aromatic nitrogens is 4. The third kappa shape index (κ3) is 2.68. The monoisotopic (exact) mass is 323 g/mol. The molecule has 0 radical (unpaired) electrons. The molecule has 6 nitrogen and oxygen atoms in total. The molecule has 4 rings (SSSR count). The van der Waals surface area contributed by atoms with Crippen molar-refractivity contribution in [2.45, 2.75) is 45.2 Å². The first-order valence-corrected chi connectivity index (χ1v) is 8.50. The molecule has 0 saturated carbocycles. The number of nitrogens with one attached hydrogen (secondary N) is 2. The van der Waals surface area contributed by atoms with E-state index in [1.807, 2.05) is 30.5 Å². The molecule has 1 atom stereocenters. The summed E-state index contributed by atoms with van der Waals surface area (Å²) in [6, 6.07) is 8.21. The second kappa shape index (κ2) is 6.11. The lowest BCUT2D eigenvalue weighted by Gasteiger charge is -2.25. The summed E-state index contributed by atoms with van der Waals surface area (Å²) >= 11 is 0. The number of aryl methyl sites for hydroxylation is 2. The molecule has 2 aromatic heterocycles. The lowest BCUT2D eigenvalue weighted by atomic mass is 10.1. The van der Waals surface area contributed by atoms with E-state index in [0.717, 1.165) is 53.9 Å². The Hall–Kier alpha value is -2.63. The van der Waals surface area contributed by atoms with Gasteiger partial charge in [-0.25, -0.2) is 0 Å². The number of fused-ring (bicyclic) bond motifs is 2. The third-order valence-electron chi connectivity index (χ3n) is 4.73. The molecule has 1 aliphatic rings. The van der Waals surface area contributed by atoms with Crippen molar-refractivity contribution in [3.8, 4) is 0 Å². The molecule has 0 unspecified atom stereocenters. The second-order valence-corrected chi connectivity index (χ2v) is 6.34. The van der Waals surface area contributed by atoms with Gasteiger partial charge in [-0.1, -0.05) is 25.1 Å². The highest BCUT2D eigenvalue weighted by Gasteiger charge is 2.23. The van der Waals surface area contributed by atoms with Crippen LogP contribution in [-0.4, -0.2) is 31.7 Å². The third-order valence-corrected chi connectivity index (χ3v) is 4.73. The summed E-state index contributed by atoms with van der Waals surface area (Å²) in [5.74, 6) is 2.11. The van der Waals surface area contributed by atoms with Gasteiger partial charge in [0.05, 0.1) is 6.42 Å². The van der Waals surface area contributed by atoms with E-state index < -0.39 is 0 Å². The Morgan fingerprint density at radius 3 is 3.12 bits per heavy atom. The lowest BCUT2D eigenvalue weighted by Crippen LogP contribution is -2.42. The van der Waals surface area contributed by atoms with Crippen LogP contribution in [0.25, 0.3) is 10.9 Å². The van der Waals surface area contributed by atoms with Crippen molar-refractivity contribution >= 4 is 16.8 Å². The number of rotatable bonds is 4. The first kappa shape index (κ1) is 14.9. The van der Waals surface area contributed by atoms with E-state index >= 15 is 0 Å². The molecule has 0 bridgehead atoms. The number of H-pyrrole nitrogens is 1. The molecule has 0 spiro atoms. The highest BCUT2D eigenvalue weighted by Crippen LogP contribution is 2.19. The van der Waals surface area contributed by atoms with Crippen LogP contribution in [0.3, 0.4) is 0 Å². The Morgan fingerprint density at radius 2 is 2.25 bits per heavy atom. The number of carbonyl (C=O) groups is 1. The predicted molar refractivity (Wildman–Crippen MR) is 91.7 cm³/mol. The largest absolute Gasteiger partial charge is 0.361 e. The van der Waals surface area contributed by atoms with Gasteiger partial charge >= 0.3 is 0 Å². The Kier molecular flexibility index (Phi) is 3.80. The fraction of sp³-hybridized carbons (Fsp3) is 0.389. The molecular weight excluding hydrogens is 302 g/mol. The van der Waals surface area contributed by atoms with Crippen LogP contribution in [-0.2, 0) is 30.6 Å². The van der Waals surface area contributed by atoms with Gasteiger partial charge in [0, 0.05) is 42.5 Å². The fourth-order valence-electron chi connectivity index (χ4n) is 3.49. The van der Waals surface area contributed by atoms with E-state index in [1.54, 1.807) is 0 Å². The van der Waals surface area contributed by atoms with Crippen molar-refractivity contribution < 1.29 is 4.79 Å². The molecule has 1 aliphatic heterocycles. The molecule has 2 N–H and O–H groups in total. The summed E-state index contributed by atoms with van der Waals surface area (Å²) in [5.41, 5.74) is 2.11. The maximum absolute atomic E-state index is 12.5. The average Bonchev–Trinajstić information content (AvgIpc) is 3.19. The normalized spacial score (nSPS) is 17.0. The minimum absolute atomic E-state index is 0.0688. The molecule has 24 heavy (non-hydrogen) atoms. The molecule has 0 fully saturated rings. The number of aromatic amines is 1. The van der Waals surface area contributed by atoms with Gasteiger partial charge in [0.2, 0.25) is 5.91 Å². The van der Waals surface area contributed by atoms with Crippen LogP contribution in [0, 0.1) is 0 Å². The van der Waals surface area contributed by atoms with Crippen LogP contribution in [0.15, 0.2) is 30.5 Å². The predicted octanol–water partition coefficient (Wildman–Crippen LogP) is 2.00. The van der Waals surface area contributed by atoms with Gasteiger partial charge < -0.3 is 14.9 Å². The molecule has 0 saturated heterocycles. The smallest absolute Gasteiger partial charge is 0.224 e. The van der Waals surface area contributed by atoms with Crippen molar-refractivity contribution in [1.29, 1.82) is 0 Å². The maximum Gasteiger partial charge on any atom is 0.224 e. The number of para-hydroxylation sites is 1. The van der Waals surface area contributed by atoms with Crippen LogP contribution < -0.4 is 5.32 Å². The Morgan fingerprint density at radius 1 is 1.38 bits per heavy atom. The van der Waals surface area contributed by atoms with Crippen molar-refractivity contribution in [3.05, 3.63) is 47.7 Å². The summed E-state index contributed by atoms with van der Waals surface area (Å²) in [5, 5.41) is 12.7. The molecule has 6 heteroatoms. The van der Waals surface area contributed by atoms with Crippen LogP contribution in [0.2, 0.25) is 0 Å². The van der Waals surface area contributed by atoms with E-state index in [1.165, 1.54) is 0 Å². The molecule has 3 aromatic rings. The Bertz CT molecular complexity index is 865. The highest BCUT2D eigenvalue weighted by molar-refractivity contribution is 5.88. The van der Waals surface area contributed by atoms with Gasteiger partial charge in [-0.3, -0.25) is 4.79 Å². The van der Waals surface area contributed by atoms with Crippen molar-refractivity contribution in [3.63, 3.8) is 0 Å². The van der Waals surface area contributed by atoms with E-state index in [4.69, 9.17) is 0 Å². The van der Waals surface area contributed by atoms with Crippen molar-refractivity contribution in [2.75, 3.05) is 0 Å². The van der Waals surface area contributed by atoms with Crippen molar-refractivity contribution in [2.24, 2.45) is 0 Å². The van der Waals surface area contributed by atoms with E-state index in [-0.39, 0.29) is 11.9 Å². The number of carbonyl (C=O) groups excluding carboxylic acids is 1. The second-order valence-electron chi connectivity index (χ2n) is 6.34. The number of hydrogen-bond donors (Lipinski definition) is 2. The van der Waals surface area contributed by atoms with Crippen LogP contribution in [0.4, 0.5) is 0 Å². The lowest BCUT2D eigenvalue weighted by molar-refractivity contribution is -0.121. The zero-order chi connectivity index (χ0) is 16.5. The average molecular weight is 323 g/mol. The van der Waals surface area contributed by atoms with Crippen LogP contribution >= 0.6 is 0 Å². The van der Waals surface area contributed by atoms with Gasteiger partial charge in [0.1, 0.15) is 11.6 Å². The number of benzene rings is 1. The molecular formula is C18H21N5O. The SMILES string of the molecule is CCc1nnc2n1C[C@@H](NC(=O)Cc1c[nH]c3ccccc13)CC2. The van der Waals surface area contributed by atoms with Gasteiger partial charge in [-0.15, -0.1) is 10.2 Å². The highest BCUT2D eigenvalue weighted by atomic mass is 16.1. The summed E-state index contributed by atoms with van der Waals surface area (Å²) < 4.78 is 2.15. The van der Waals surface area contributed by atoms with Gasteiger partial charge in [-0.2, -0.15) is 0 Å². The minimum Gasteiger partial charge on any atom is -0.361 e. The molecule has 1 aromatic carbocycles. The van der Waals surface area contributed by atoms with Gasteiger partial charge in [-0.05, 0) is 18.1 Å². The van der Waals surface area contributed by atoms with Gasteiger partial charge in [0.15, 0.2) is 0 Å². The zero-order valence-corrected chi connectivity index (χ0v) is 13.7. The Labute approximate surface area is 140 Å². The standard InChI is InChI=1S/C18H21N5O/c1-2-16-21-22-17-8-7-13(11-23(16)17)20-18(24)9-12-10-19-15-6-4-3-5-14(12)15/h3-6,10,13,19H,2,7-9,11H2,1H3,(H,20,24)/t13-/m0/s1. The summed E-state index contributed by atoms with van der Waals surface area (Å²) in [7, 11) is 0. The molecule has 3 heterocycles. The summed E-state index contributed by atoms with van der Waals surface area (Å²) in [6.07, 6.45) is 4.98. The van der Waals surface area contributed by atoms with E-state index in [0.29, 0.717) is 6.42 Å². The zero-order valence-electron chi connectivity index (χ0n) is 13.7. The quantitative estimate of drug-likeness (QED) is 0.771. The van der Waals surface area contributed by atoms with Crippen LogP contribution in [0.1, 0.15) is 30.6 Å². The van der Waals surface area contributed by atoms with E-state index in [2.05, 4.69) is 32.0 Å². The fourth-order valence-corrected chi connectivity index (χ4v) is 3.49. The number of nitrogens with zero attached hydrogens (tertiary/aromatic N) is 3. The molecule has 1 amide bonds. The molecule has 124 valence electrons. The maximum atomic E-state index is 12.5. The van der Waals surface area contributed by atoms with E-state index in [9.17, 15) is 4.79 Å². The van der Waals surface area contributed by atoms with Crippen LogP contribution in [0.5, 0.6) is 0 Å².